The van der Waals surface area contributed by atoms with Crippen LogP contribution in [0.25, 0.3) is 11.3 Å². The monoisotopic (exact) mass is 258 g/mol. The maximum absolute atomic E-state index is 11.1. The quantitative estimate of drug-likeness (QED) is 0.659. The molecule has 1 heterocycles. The van der Waals surface area contributed by atoms with Crippen molar-refractivity contribution in [2.75, 3.05) is 5.73 Å². The summed E-state index contributed by atoms with van der Waals surface area (Å²) < 4.78 is 0. The van der Waals surface area contributed by atoms with Crippen molar-refractivity contribution < 1.29 is 4.92 Å². The fraction of sp³-hybridized carbons (Fsp3) is 0.231. The highest BCUT2D eigenvalue weighted by atomic mass is 16.6. The van der Waals surface area contributed by atoms with Crippen LogP contribution >= 0.6 is 0 Å². The van der Waals surface area contributed by atoms with Crippen LogP contribution in [0.4, 0.5) is 11.5 Å². The summed E-state index contributed by atoms with van der Waals surface area (Å²) in [5.41, 5.74) is 9.42. The van der Waals surface area contributed by atoms with E-state index in [2.05, 4.69) is 9.97 Å². The number of hydrogen-bond acceptors (Lipinski definition) is 5. The second-order valence-electron chi connectivity index (χ2n) is 4.46. The van der Waals surface area contributed by atoms with Gasteiger partial charge in [0.15, 0.2) is 5.69 Å². The lowest BCUT2D eigenvalue weighted by Gasteiger charge is -2.10. The first kappa shape index (κ1) is 12.9. The summed E-state index contributed by atoms with van der Waals surface area (Å²) >= 11 is 0. The summed E-state index contributed by atoms with van der Waals surface area (Å²) in [4.78, 5) is 18.3. The molecule has 6 heteroatoms. The van der Waals surface area contributed by atoms with Gasteiger partial charge in [0.1, 0.15) is 6.33 Å². The zero-order valence-electron chi connectivity index (χ0n) is 11.0. The molecule has 0 fully saturated rings. The predicted molar refractivity (Wildman–Crippen MR) is 72.7 cm³/mol. The summed E-state index contributed by atoms with van der Waals surface area (Å²) in [5, 5.41) is 11.1. The Labute approximate surface area is 110 Å². The van der Waals surface area contributed by atoms with Gasteiger partial charge in [-0.05, 0) is 43.5 Å². The number of nitrogen functional groups attached to an aromatic ring is 1. The highest BCUT2D eigenvalue weighted by Gasteiger charge is 2.23. The Kier molecular flexibility index (Phi) is 3.16. The Morgan fingerprint density at radius 2 is 1.74 bits per heavy atom. The van der Waals surface area contributed by atoms with Crippen LogP contribution < -0.4 is 5.73 Å². The van der Waals surface area contributed by atoms with Gasteiger partial charge in [-0.2, -0.15) is 0 Å². The number of nitrogens with two attached hydrogens (primary N) is 1. The van der Waals surface area contributed by atoms with Crippen molar-refractivity contribution in [2.45, 2.75) is 20.8 Å². The van der Waals surface area contributed by atoms with Gasteiger partial charge in [0.25, 0.3) is 0 Å². The van der Waals surface area contributed by atoms with Crippen molar-refractivity contribution in [3.8, 4) is 11.3 Å². The Morgan fingerprint density at radius 3 is 2.37 bits per heavy atom. The highest BCUT2D eigenvalue weighted by Crippen LogP contribution is 2.34. The van der Waals surface area contributed by atoms with Gasteiger partial charge in [-0.15, -0.1) is 0 Å². The number of anilines is 1. The maximum atomic E-state index is 11.1. The average Bonchev–Trinajstić information content (AvgIpc) is 2.33. The van der Waals surface area contributed by atoms with Crippen LogP contribution in [0.3, 0.4) is 0 Å². The molecule has 98 valence electrons. The Morgan fingerprint density at radius 1 is 1.11 bits per heavy atom. The molecule has 1 aromatic carbocycles. The second-order valence-corrected chi connectivity index (χ2v) is 4.46. The molecule has 0 aliphatic rings. The van der Waals surface area contributed by atoms with Crippen molar-refractivity contribution in [1.82, 2.24) is 9.97 Å². The number of benzene rings is 1. The van der Waals surface area contributed by atoms with Gasteiger partial charge in [-0.25, -0.2) is 9.97 Å². The lowest BCUT2D eigenvalue weighted by molar-refractivity contribution is -0.383. The molecule has 6 nitrogen and oxygen atoms in total. The van der Waals surface area contributed by atoms with Crippen LogP contribution in [0.5, 0.6) is 0 Å². The molecule has 0 radical (unpaired) electrons. The SMILES string of the molecule is Cc1cc(C)c(-c2ncnc(N)c2[N+](=O)[O-])cc1C. The third kappa shape index (κ3) is 2.24. The third-order valence-corrected chi connectivity index (χ3v) is 3.13. The molecule has 19 heavy (non-hydrogen) atoms. The summed E-state index contributed by atoms with van der Waals surface area (Å²) in [6.45, 7) is 5.84. The number of hydrogen-bond donors (Lipinski definition) is 1. The molecule has 2 rings (SSSR count). The molecule has 0 spiro atoms. The normalized spacial score (nSPS) is 10.5. The van der Waals surface area contributed by atoms with E-state index in [0.717, 1.165) is 16.7 Å². The van der Waals surface area contributed by atoms with Crippen LogP contribution in [0.1, 0.15) is 16.7 Å². The molecule has 2 aromatic rings. The molecule has 0 amide bonds. The summed E-state index contributed by atoms with van der Waals surface area (Å²) in [7, 11) is 0. The van der Waals surface area contributed by atoms with E-state index in [1.165, 1.54) is 6.33 Å². The minimum atomic E-state index is -0.542. The van der Waals surface area contributed by atoms with Crippen LogP contribution in [0.2, 0.25) is 0 Å². The molecular weight excluding hydrogens is 244 g/mol. The number of nitrogens with zero attached hydrogens (tertiary/aromatic N) is 3. The highest BCUT2D eigenvalue weighted by molar-refractivity contribution is 5.78. The molecule has 0 aliphatic carbocycles. The molecular formula is C13H14N4O2. The smallest absolute Gasteiger partial charge is 0.337 e. The zero-order valence-corrected chi connectivity index (χ0v) is 11.0. The fourth-order valence-corrected chi connectivity index (χ4v) is 1.99. The molecule has 1 aromatic heterocycles. The second kappa shape index (κ2) is 4.64. The van der Waals surface area contributed by atoms with E-state index in [0.29, 0.717) is 5.56 Å². The lowest BCUT2D eigenvalue weighted by Crippen LogP contribution is -2.03. The largest absolute Gasteiger partial charge is 0.378 e. The van der Waals surface area contributed by atoms with Gasteiger partial charge in [0.2, 0.25) is 5.82 Å². The van der Waals surface area contributed by atoms with Crippen LogP contribution in [0, 0.1) is 30.9 Å². The van der Waals surface area contributed by atoms with Gasteiger partial charge in [0.05, 0.1) is 4.92 Å². The minimum absolute atomic E-state index is 0.118. The van der Waals surface area contributed by atoms with Crippen LogP contribution in [-0.4, -0.2) is 14.9 Å². The Hall–Kier alpha value is -2.50. The van der Waals surface area contributed by atoms with E-state index in [-0.39, 0.29) is 17.2 Å². The summed E-state index contributed by atoms with van der Waals surface area (Å²) in [6.07, 6.45) is 1.24. The van der Waals surface area contributed by atoms with Crippen LogP contribution in [-0.2, 0) is 0 Å². The van der Waals surface area contributed by atoms with Crippen molar-refractivity contribution in [1.29, 1.82) is 0 Å². The first-order valence-electron chi connectivity index (χ1n) is 5.75. The van der Waals surface area contributed by atoms with Gasteiger partial charge < -0.3 is 5.73 Å². The summed E-state index contributed by atoms with van der Waals surface area (Å²) in [5.74, 6) is -0.118. The predicted octanol–water partition coefficient (Wildman–Crippen LogP) is 2.56. The van der Waals surface area contributed by atoms with Crippen molar-refractivity contribution in [3.63, 3.8) is 0 Å². The summed E-state index contributed by atoms with van der Waals surface area (Å²) in [6, 6.07) is 3.87. The topological polar surface area (TPSA) is 94.9 Å². The van der Waals surface area contributed by atoms with Crippen molar-refractivity contribution in [2.24, 2.45) is 0 Å². The van der Waals surface area contributed by atoms with Gasteiger partial charge in [-0.3, -0.25) is 10.1 Å². The van der Waals surface area contributed by atoms with Crippen molar-refractivity contribution >= 4 is 11.5 Å². The van der Waals surface area contributed by atoms with E-state index >= 15 is 0 Å². The van der Waals surface area contributed by atoms with E-state index in [1.807, 2.05) is 32.9 Å². The molecule has 2 N–H and O–H groups in total. The lowest BCUT2D eigenvalue weighted by atomic mass is 9.98. The van der Waals surface area contributed by atoms with Gasteiger partial charge in [0, 0.05) is 5.56 Å². The van der Waals surface area contributed by atoms with Crippen LogP contribution in [0.15, 0.2) is 18.5 Å². The average molecular weight is 258 g/mol. The Balaban J connectivity index is 2.76. The molecule has 0 saturated carbocycles. The van der Waals surface area contributed by atoms with Gasteiger partial charge in [-0.1, -0.05) is 6.07 Å². The fourth-order valence-electron chi connectivity index (χ4n) is 1.99. The van der Waals surface area contributed by atoms with E-state index < -0.39 is 4.92 Å². The van der Waals surface area contributed by atoms with E-state index in [1.54, 1.807) is 0 Å². The first-order chi connectivity index (χ1) is 8.91. The molecule has 0 unspecified atom stereocenters. The number of rotatable bonds is 2. The molecule has 0 bridgehead atoms. The molecule has 0 saturated heterocycles. The minimum Gasteiger partial charge on any atom is -0.378 e. The first-order valence-corrected chi connectivity index (χ1v) is 5.75. The standard InChI is InChI=1S/C13H14N4O2/c1-7-4-9(3)10(5-8(7)2)11-12(17(18)19)13(14)16-6-15-11/h4-6H,1-3H3,(H2,14,15,16). The number of aryl methyl sites for hydroxylation is 3. The van der Waals surface area contributed by atoms with E-state index in [9.17, 15) is 10.1 Å². The molecule has 0 atom stereocenters. The maximum Gasteiger partial charge on any atom is 0.337 e. The molecule has 0 aliphatic heterocycles. The Bertz CT molecular complexity index is 668. The number of nitro groups is 1. The van der Waals surface area contributed by atoms with Gasteiger partial charge >= 0.3 is 5.69 Å². The number of aromatic nitrogens is 2. The zero-order chi connectivity index (χ0) is 14.2. The van der Waals surface area contributed by atoms with Crippen molar-refractivity contribution in [3.05, 3.63) is 45.3 Å². The third-order valence-electron chi connectivity index (χ3n) is 3.13. The van der Waals surface area contributed by atoms with E-state index in [4.69, 9.17) is 5.73 Å².